The zero-order valence-electron chi connectivity index (χ0n) is 17.4. The molecule has 5 rings (SSSR count). The van der Waals surface area contributed by atoms with E-state index in [-0.39, 0.29) is 12.5 Å². The quantitative estimate of drug-likeness (QED) is 0.618. The van der Waals surface area contributed by atoms with Crippen molar-refractivity contribution in [2.75, 3.05) is 11.9 Å². The minimum atomic E-state index is -0.140. The fraction of sp³-hybridized carbons (Fsp3) is 0.292. The Morgan fingerprint density at radius 3 is 2.74 bits per heavy atom. The second-order valence-electron chi connectivity index (χ2n) is 8.06. The van der Waals surface area contributed by atoms with Crippen LogP contribution in [-0.4, -0.2) is 22.9 Å². The maximum atomic E-state index is 11.8. The van der Waals surface area contributed by atoms with Crippen molar-refractivity contribution in [3.8, 4) is 17.0 Å². The summed E-state index contributed by atoms with van der Waals surface area (Å²) in [5.74, 6) is 1.30. The van der Waals surface area contributed by atoms with E-state index in [0.29, 0.717) is 11.4 Å². The van der Waals surface area contributed by atoms with Gasteiger partial charge in [0.15, 0.2) is 6.61 Å². The van der Waals surface area contributed by atoms with Gasteiger partial charge < -0.3 is 10.1 Å². The van der Waals surface area contributed by atoms with Crippen LogP contribution < -0.4 is 14.9 Å². The maximum Gasteiger partial charge on any atom is 0.262 e. The largest absolute Gasteiger partial charge is 0.482 e. The molecule has 1 fully saturated rings. The molecule has 7 heteroatoms. The molecule has 0 bridgehead atoms. The SMILES string of the molecule is CC1CCC(=Nn2c(-c3ccc4c(c3)NC(=O)CO4)csc2=Nc2ccccc2)CC1. The number of rotatable bonds is 3. The molecule has 1 aromatic heterocycles. The summed E-state index contributed by atoms with van der Waals surface area (Å²) >= 11 is 1.56. The number of benzene rings is 2. The van der Waals surface area contributed by atoms with Crippen molar-refractivity contribution < 1.29 is 9.53 Å². The van der Waals surface area contributed by atoms with Gasteiger partial charge in [-0.05, 0) is 61.9 Å². The average molecular weight is 433 g/mol. The summed E-state index contributed by atoms with van der Waals surface area (Å²) in [4.78, 5) is 17.4. The lowest BCUT2D eigenvalue weighted by Gasteiger charge is -2.20. The minimum absolute atomic E-state index is 0.0526. The third-order valence-electron chi connectivity index (χ3n) is 5.67. The van der Waals surface area contributed by atoms with Crippen LogP contribution in [0.25, 0.3) is 11.3 Å². The van der Waals surface area contributed by atoms with Crippen LogP contribution in [0.2, 0.25) is 0 Å². The van der Waals surface area contributed by atoms with Gasteiger partial charge in [-0.1, -0.05) is 25.1 Å². The van der Waals surface area contributed by atoms with Crippen molar-refractivity contribution >= 4 is 34.3 Å². The Morgan fingerprint density at radius 1 is 1.13 bits per heavy atom. The molecule has 0 spiro atoms. The van der Waals surface area contributed by atoms with Crippen LogP contribution in [0, 0.1) is 5.92 Å². The number of nitrogens with one attached hydrogen (secondary N) is 1. The molecule has 1 aliphatic carbocycles. The number of thiazole rings is 1. The predicted octanol–water partition coefficient (Wildman–Crippen LogP) is 5.19. The molecule has 6 nitrogen and oxygen atoms in total. The number of para-hydroxylation sites is 1. The van der Waals surface area contributed by atoms with Crippen molar-refractivity contribution in [2.24, 2.45) is 16.0 Å². The Bertz CT molecular complexity index is 1200. The van der Waals surface area contributed by atoms with Crippen LogP contribution in [0.1, 0.15) is 32.6 Å². The Labute approximate surface area is 184 Å². The molecule has 3 aromatic rings. The van der Waals surface area contributed by atoms with E-state index in [9.17, 15) is 4.79 Å². The zero-order chi connectivity index (χ0) is 21.2. The number of hydrogen-bond donors (Lipinski definition) is 1. The topological polar surface area (TPSA) is 68.0 Å². The van der Waals surface area contributed by atoms with E-state index in [1.165, 1.54) is 18.6 Å². The van der Waals surface area contributed by atoms with Gasteiger partial charge in [-0.2, -0.15) is 5.10 Å². The van der Waals surface area contributed by atoms with Gasteiger partial charge in [-0.3, -0.25) is 4.79 Å². The fourth-order valence-electron chi connectivity index (χ4n) is 3.86. The van der Waals surface area contributed by atoms with E-state index >= 15 is 0 Å². The molecule has 0 saturated heterocycles. The molecular formula is C24H24N4O2S. The Kier molecular flexibility index (Phi) is 5.42. The van der Waals surface area contributed by atoms with Crippen LogP contribution in [-0.2, 0) is 4.79 Å². The number of aromatic nitrogens is 1. The third-order valence-corrected chi connectivity index (χ3v) is 6.48. The van der Waals surface area contributed by atoms with Gasteiger partial charge in [0, 0.05) is 16.7 Å². The highest BCUT2D eigenvalue weighted by Gasteiger charge is 2.19. The van der Waals surface area contributed by atoms with E-state index < -0.39 is 0 Å². The lowest BCUT2D eigenvalue weighted by Crippen LogP contribution is -2.25. The molecule has 2 aromatic carbocycles. The molecule has 1 N–H and O–H groups in total. The Morgan fingerprint density at radius 2 is 1.94 bits per heavy atom. The monoisotopic (exact) mass is 432 g/mol. The molecule has 2 aliphatic rings. The van der Waals surface area contributed by atoms with Gasteiger partial charge in [0.05, 0.1) is 17.1 Å². The maximum absolute atomic E-state index is 11.8. The molecule has 0 radical (unpaired) electrons. The average Bonchev–Trinajstić information content (AvgIpc) is 3.17. The molecule has 0 atom stereocenters. The van der Waals surface area contributed by atoms with Crippen LogP contribution in [0.3, 0.4) is 0 Å². The van der Waals surface area contributed by atoms with Crippen molar-refractivity contribution in [3.05, 3.63) is 58.7 Å². The highest BCUT2D eigenvalue weighted by atomic mass is 32.1. The minimum Gasteiger partial charge on any atom is -0.482 e. The first-order chi connectivity index (χ1) is 15.2. The van der Waals surface area contributed by atoms with Gasteiger partial charge in [0.25, 0.3) is 5.91 Å². The summed E-state index contributed by atoms with van der Waals surface area (Å²) in [7, 11) is 0. The highest BCUT2D eigenvalue weighted by Crippen LogP contribution is 2.33. The number of carbonyl (C=O) groups is 1. The molecular weight excluding hydrogens is 408 g/mol. The van der Waals surface area contributed by atoms with E-state index in [4.69, 9.17) is 14.8 Å². The fourth-order valence-corrected chi connectivity index (χ4v) is 4.71. The molecule has 158 valence electrons. The predicted molar refractivity (Wildman–Crippen MR) is 124 cm³/mol. The van der Waals surface area contributed by atoms with Crippen LogP contribution in [0.15, 0.2) is 64.0 Å². The summed E-state index contributed by atoms with van der Waals surface area (Å²) in [6.45, 7) is 2.36. The smallest absolute Gasteiger partial charge is 0.262 e. The van der Waals surface area contributed by atoms with Crippen molar-refractivity contribution in [1.29, 1.82) is 0 Å². The molecule has 2 heterocycles. The third kappa shape index (κ3) is 4.32. The summed E-state index contributed by atoms with van der Waals surface area (Å²) in [6.07, 6.45) is 4.38. The Balaban J connectivity index is 1.61. The van der Waals surface area contributed by atoms with E-state index in [2.05, 4.69) is 17.6 Å². The number of ether oxygens (including phenoxy) is 1. The lowest BCUT2D eigenvalue weighted by atomic mass is 9.90. The number of carbonyl (C=O) groups excluding carboxylic acids is 1. The van der Waals surface area contributed by atoms with E-state index in [1.54, 1.807) is 11.3 Å². The number of amides is 1. The summed E-state index contributed by atoms with van der Waals surface area (Å²) in [5, 5.41) is 10.0. The highest BCUT2D eigenvalue weighted by molar-refractivity contribution is 7.07. The second kappa shape index (κ2) is 8.51. The second-order valence-corrected chi connectivity index (χ2v) is 8.90. The number of hydrogen-bond acceptors (Lipinski definition) is 5. The van der Waals surface area contributed by atoms with Crippen LogP contribution in [0.5, 0.6) is 5.75 Å². The molecule has 0 unspecified atom stereocenters. The summed E-state index contributed by atoms with van der Waals surface area (Å²) < 4.78 is 7.46. The number of fused-ring (bicyclic) bond motifs is 1. The summed E-state index contributed by atoms with van der Waals surface area (Å²) in [5.41, 5.74) is 4.71. The van der Waals surface area contributed by atoms with Gasteiger partial charge in [0.1, 0.15) is 5.75 Å². The van der Waals surface area contributed by atoms with E-state index in [0.717, 1.165) is 40.5 Å². The normalized spacial score (nSPS) is 18.9. The number of anilines is 1. The summed E-state index contributed by atoms with van der Waals surface area (Å²) in [6, 6.07) is 15.8. The molecule has 1 aliphatic heterocycles. The lowest BCUT2D eigenvalue weighted by molar-refractivity contribution is -0.118. The van der Waals surface area contributed by atoms with Crippen LogP contribution >= 0.6 is 11.3 Å². The zero-order valence-corrected chi connectivity index (χ0v) is 18.2. The van der Waals surface area contributed by atoms with Crippen molar-refractivity contribution in [1.82, 2.24) is 4.68 Å². The van der Waals surface area contributed by atoms with Crippen molar-refractivity contribution in [3.63, 3.8) is 0 Å². The van der Waals surface area contributed by atoms with Crippen molar-refractivity contribution in [2.45, 2.75) is 32.6 Å². The van der Waals surface area contributed by atoms with Gasteiger partial charge in [0.2, 0.25) is 4.80 Å². The van der Waals surface area contributed by atoms with Gasteiger partial charge in [-0.15, -0.1) is 11.3 Å². The van der Waals surface area contributed by atoms with E-state index in [1.807, 2.05) is 53.2 Å². The molecule has 1 saturated carbocycles. The standard InChI is InChI=1S/C24H24N4O2S/c1-16-7-10-19(11-8-16)27-28-21(15-31-24(28)25-18-5-3-2-4-6-18)17-9-12-22-20(13-17)26-23(29)14-30-22/h2-6,9,12-13,15-16H,7-8,10-11,14H2,1H3,(H,26,29). The first-order valence-corrected chi connectivity index (χ1v) is 11.5. The first kappa shape index (κ1) is 19.8. The van der Waals surface area contributed by atoms with Gasteiger partial charge >= 0.3 is 0 Å². The molecule has 31 heavy (non-hydrogen) atoms. The number of nitrogens with zero attached hydrogens (tertiary/aromatic N) is 3. The van der Waals surface area contributed by atoms with Gasteiger partial charge in [-0.25, -0.2) is 9.67 Å². The molecule has 1 amide bonds. The Hall–Kier alpha value is -3.19. The first-order valence-electron chi connectivity index (χ1n) is 10.6. The van der Waals surface area contributed by atoms with Crippen LogP contribution in [0.4, 0.5) is 11.4 Å².